The van der Waals surface area contributed by atoms with Crippen molar-refractivity contribution in [1.82, 2.24) is 10.6 Å². The van der Waals surface area contributed by atoms with Crippen molar-refractivity contribution < 1.29 is 4.79 Å². The first-order valence-corrected chi connectivity index (χ1v) is 6.66. The van der Waals surface area contributed by atoms with Crippen LogP contribution in [0.1, 0.15) is 36.2 Å². The fourth-order valence-corrected chi connectivity index (χ4v) is 1.79. The van der Waals surface area contributed by atoms with E-state index < -0.39 is 0 Å². The van der Waals surface area contributed by atoms with Gasteiger partial charge in [-0.1, -0.05) is 32.0 Å². The Kier molecular flexibility index (Phi) is 6.44. The zero-order chi connectivity index (χ0) is 13.4. The van der Waals surface area contributed by atoms with E-state index >= 15 is 0 Å². The van der Waals surface area contributed by atoms with Gasteiger partial charge in [0.2, 0.25) is 0 Å². The minimum absolute atomic E-state index is 0.0438. The second-order valence-corrected chi connectivity index (χ2v) is 4.95. The number of carbonyl (C=O) groups is 1. The molecule has 2 N–H and O–H groups in total. The summed E-state index contributed by atoms with van der Waals surface area (Å²) in [6.45, 7) is 5.95. The summed E-state index contributed by atoms with van der Waals surface area (Å²) in [5.74, 6) is 0.659. The minimum Gasteiger partial charge on any atom is -0.352 e. The third kappa shape index (κ3) is 4.88. The predicted octanol–water partition coefficient (Wildman–Crippen LogP) is 2.22. The summed E-state index contributed by atoms with van der Waals surface area (Å²) in [7, 11) is 1.92. The molecule has 0 unspecified atom stereocenters. The van der Waals surface area contributed by atoms with Crippen LogP contribution in [0.2, 0.25) is 0 Å². The summed E-state index contributed by atoms with van der Waals surface area (Å²) >= 11 is 0. The molecule has 0 radical (unpaired) electrons. The van der Waals surface area contributed by atoms with E-state index in [0.29, 0.717) is 5.92 Å². The molecule has 0 aliphatic heterocycles. The monoisotopic (exact) mass is 248 g/mol. The van der Waals surface area contributed by atoms with Crippen molar-refractivity contribution in [1.29, 1.82) is 0 Å². The quantitative estimate of drug-likeness (QED) is 0.777. The highest BCUT2D eigenvalue weighted by Crippen LogP contribution is 2.09. The highest BCUT2D eigenvalue weighted by atomic mass is 16.1. The molecule has 0 spiro atoms. The van der Waals surface area contributed by atoms with E-state index in [0.717, 1.165) is 37.1 Å². The highest BCUT2D eigenvalue weighted by Gasteiger charge is 2.09. The van der Waals surface area contributed by atoms with Gasteiger partial charge in [-0.3, -0.25) is 4.79 Å². The lowest BCUT2D eigenvalue weighted by atomic mass is 10.0. The summed E-state index contributed by atoms with van der Waals surface area (Å²) in [4.78, 5) is 12.1. The molecule has 1 amide bonds. The Morgan fingerprint density at radius 1 is 1.22 bits per heavy atom. The molecule has 0 saturated carbocycles. The van der Waals surface area contributed by atoms with E-state index in [1.165, 1.54) is 0 Å². The molecule has 100 valence electrons. The minimum atomic E-state index is 0.0438. The number of rotatable bonds is 7. The van der Waals surface area contributed by atoms with Crippen LogP contribution < -0.4 is 10.6 Å². The average Bonchev–Trinajstić information content (AvgIpc) is 2.36. The van der Waals surface area contributed by atoms with Gasteiger partial charge in [0.25, 0.3) is 5.91 Å². The maximum Gasteiger partial charge on any atom is 0.251 e. The van der Waals surface area contributed by atoms with Crippen molar-refractivity contribution >= 4 is 5.91 Å². The van der Waals surface area contributed by atoms with Gasteiger partial charge in [0.1, 0.15) is 0 Å². The van der Waals surface area contributed by atoms with E-state index in [9.17, 15) is 4.79 Å². The first kappa shape index (κ1) is 14.7. The van der Waals surface area contributed by atoms with Gasteiger partial charge in [-0.25, -0.2) is 0 Å². The Labute approximate surface area is 110 Å². The Hall–Kier alpha value is -1.35. The topological polar surface area (TPSA) is 41.1 Å². The van der Waals surface area contributed by atoms with Crippen molar-refractivity contribution in [3.63, 3.8) is 0 Å². The third-order valence-corrected chi connectivity index (χ3v) is 2.91. The van der Waals surface area contributed by atoms with E-state index in [2.05, 4.69) is 24.5 Å². The SMILES string of the molecule is CNCCc1ccccc1C(=O)NCCC(C)C. The van der Waals surface area contributed by atoms with Crippen molar-refractivity contribution in [3.8, 4) is 0 Å². The fraction of sp³-hybridized carbons (Fsp3) is 0.533. The van der Waals surface area contributed by atoms with E-state index in [1.54, 1.807) is 0 Å². The molecule has 3 heteroatoms. The van der Waals surface area contributed by atoms with Gasteiger partial charge in [0, 0.05) is 12.1 Å². The number of amides is 1. The zero-order valence-corrected chi connectivity index (χ0v) is 11.6. The van der Waals surface area contributed by atoms with Gasteiger partial charge in [-0.05, 0) is 44.0 Å². The van der Waals surface area contributed by atoms with E-state index in [1.807, 2.05) is 31.3 Å². The smallest absolute Gasteiger partial charge is 0.251 e. The molecule has 1 aromatic carbocycles. The molecule has 1 rings (SSSR count). The summed E-state index contributed by atoms with van der Waals surface area (Å²) in [5.41, 5.74) is 1.91. The largest absolute Gasteiger partial charge is 0.352 e. The second-order valence-electron chi connectivity index (χ2n) is 4.95. The van der Waals surface area contributed by atoms with Crippen molar-refractivity contribution in [2.24, 2.45) is 5.92 Å². The maximum atomic E-state index is 12.1. The van der Waals surface area contributed by atoms with Gasteiger partial charge < -0.3 is 10.6 Å². The first-order chi connectivity index (χ1) is 8.65. The molecule has 18 heavy (non-hydrogen) atoms. The highest BCUT2D eigenvalue weighted by molar-refractivity contribution is 5.95. The number of likely N-dealkylation sites (N-methyl/N-ethyl adjacent to an activating group) is 1. The van der Waals surface area contributed by atoms with Gasteiger partial charge in [0.15, 0.2) is 0 Å². The number of hydrogen-bond acceptors (Lipinski definition) is 2. The van der Waals surface area contributed by atoms with Crippen molar-refractivity contribution in [2.75, 3.05) is 20.1 Å². The van der Waals surface area contributed by atoms with Crippen LogP contribution in [0.3, 0.4) is 0 Å². The first-order valence-electron chi connectivity index (χ1n) is 6.66. The fourth-order valence-electron chi connectivity index (χ4n) is 1.79. The molecule has 0 fully saturated rings. The molecular weight excluding hydrogens is 224 g/mol. The lowest BCUT2D eigenvalue weighted by Crippen LogP contribution is -2.26. The van der Waals surface area contributed by atoms with Gasteiger partial charge >= 0.3 is 0 Å². The number of carbonyl (C=O) groups excluding carboxylic acids is 1. The Morgan fingerprint density at radius 3 is 2.61 bits per heavy atom. The summed E-state index contributed by atoms with van der Waals surface area (Å²) in [5, 5.41) is 6.10. The van der Waals surface area contributed by atoms with Crippen LogP contribution in [-0.4, -0.2) is 26.0 Å². The standard InChI is InChI=1S/C15H24N2O/c1-12(2)8-11-17-15(18)14-7-5-4-6-13(14)9-10-16-3/h4-7,12,16H,8-11H2,1-3H3,(H,17,18). The zero-order valence-electron chi connectivity index (χ0n) is 11.6. The van der Waals surface area contributed by atoms with Crippen LogP contribution in [0.15, 0.2) is 24.3 Å². The molecule has 0 bridgehead atoms. The van der Waals surface area contributed by atoms with Crippen LogP contribution in [-0.2, 0) is 6.42 Å². The van der Waals surface area contributed by atoms with Crippen LogP contribution in [0.4, 0.5) is 0 Å². The summed E-state index contributed by atoms with van der Waals surface area (Å²) in [6, 6.07) is 7.82. The Balaban J connectivity index is 2.60. The molecule has 0 aliphatic rings. The molecule has 0 heterocycles. The van der Waals surface area contributed by atoms with Gasteiger partial charge in [-0.2, -0.15) is 0 Å². The van der Waals surface area contributed by atoms with Crippen LogP contribution in [0.25, 0.3) is 0 Å². The molecule has 0 atom stereocenters. The van der Waals surface area contributed by atoms with Gasteiger partial charge in [0.05, 0.1) is 0 Å². The molecule has 0 aliphatic carbocycles. The Morgan fingerprint density at radius 2 is 1.94 bits per heavy atom. The normalized spacial score (nSPS) is 10.7. The second kappa shape index (κ2) is 7.88. The third-order valence-electron chi connectivity index (χ3n) is 2.91. The molecule has 1 aromatic rings. The molecule has 0 aromatic heterocycles. The lowest BCUT2D eigenvalue weighted by molar-refractivity contribution is 0.0951. The van der Waals surface area contributed by atoms with Crippen molar-refractivity contribution in [2.45, 2.75) is 26.7 Å². The number of benzene rings is 1. The lowest BCUT2D eigenvalue weighted by Gasteiger charge is -2.11. The van der Waals surface area contributed by atoms with E-state index in [-0.39, 0.29) is 5.91 Å². The summed E-state index contributed by atoms with van der Waals surface area (Å²) < 4.78 is 0. The number of nitrogens with one attached hydrogen (secondary N) is 2. The molecule has 0 saturated heterocycles. The molecule has 3 nitrogen and oxygen atoms in total. The van der Waals surface area contributed by atoms with Crippen LogP contribution in [0.5, 0.6) is 0 Å². The van der Waals surface area contributed by atoms with Crippen molar-refractivity contribution in [3.05, 3.63) is 35.4 Å². The summed E-state index contributed by atoms with van der Waals surface area (Å²) in [6.07, 6.45) is 1.90. The average molecular weight is 248 g/mol. The van der Waals surface area contributed by atoms with Crippen LogP contribution >= 0.6 is 0 Å². The predicted molar refractivity (Wildman–Crippen MR) is 75.9 cm³/mol. The van der Waals surface area contributed by atoms with E-state index in [4.69, 9.17) is 0 Å². The Bertz CT molecular complexity index is 375. The number of hydrogen-bond donors (Lipinski definition) is 2. The van der Waals surface area contributed by atoms with Crippen LogP contribution in [0, 0.1) is 5.92 Å². The van der Waals surface area contributed by atoms with Gasteiger partial charge in [-0.15, -0.1) is 0 Å². The molecular formula is C15H24N2O. The maximum absolute atomic E-state index is 12.1.